The summed E-state index contributed by atoms with van der Waals surface area (Å²) in [5.41, 5.74) is 2.54. The van der Waals surface area contributed by atoms with E-state index < -0.39 is 14.0 Å². The van der Waals surface area contributed by atoms with Crippen LogP contribution < -0.4 is 5.46 Å². The molecule has 4 aromatic carbocycles. The molecule has 0 saturated carbocycles. The number of para-hydroxylation sites is 2. The molecule has 12 heteroatoms. The number of rotatable bonds is 2. The lowest BCUT2D eigenvalue weighted by Crippen LogP contribution is -2.41. The lowest BCUT2D eigenvalue weighted by molar-refractivity contribution is 0.00578. The molecule has 3 saturated heterocycles. The second kappa shape index (κ2) is 13.5. The van der Waals surface area contributed by atoms with Gasteiger partial charge in [0.25, 0.3) is 0 Å². The third-order valence-corrected chi connectivity index (χ3v) is 12.5. The molecule has 0 N–H and O–H groups in total. The number of hydrogen-bond acceptors (Lipinski definition) is 8. The van der Waals surface area contributed by atoms with Crippen molar-refractivity contribution in [2.75, 3.05) is 0 Å². The maximum absolute atomic E-state index is 6.11. The smallest absolute Gasteiger partial charge is 0.456 e. The third kappa shape index (κ3) is 7.08. The van der Waals surface area contributed by atoms with Crippen molar-refractivity contribution in [1.29, 1.82) is 0 Å². The van der Waals surface area contributed by atoms with Crippen LogP contribution in [-0.2, 0) is 27.9 Å². The largest absolute Gasteiger partial charge is 0.494 e. The Bertz CT molecular complexity index is 2240. The van der Waals surface area contributed by atoms with E-state index in [0.29, 0.717) is 0 Å². The lowest BCUT2D eigenvalue weighted by atomic mass is 9.49. The summed E-state index contributed by atoms with van der Waals surface area (Å²) in [7, 11) is -1.31. The Morgan fingerprint density at radius 1 is 0.389 bits per heavy atom. The van der Waals surface area contributed by atoms with Crippen molar-refractivity contribution in [3.63, 3.8) is 0 Å². The number of benzene rings is 4. The Hall–Kier alpha value is -3.09. The zero-order valence-corrected chi connectivity index (χ0v) is 35.0. The van der Waals surface area contributed by atoms with Crippen molar-refractivity contribution in [2.24, 2.45) is 0 Å². The van der Waals surface area contributed by atoms with Crippen LogP contribution >= 0.6 is 15.9 Å². The molecule has 54 heavy (non-hydrogen) atoms. The van der Waals surface area contributed by atoms with Crippen LogP contribution in [0.2, 0.25) is 0 Å². The van der Waals surface area contributed by atoms with Gasteiger partial charge in [-0.15, -0.1) is 0 Å². The van der Waals surface area contributed by atoms with Gasteiger partial charge in [-0.05, 0) is 125 Å². The van der Waals surface area contributed by atoms with Gasteiger partial charge in [-0.25, -0.2) is 0 Å². The van der Waals surface area contributed by atoms with Crippen molar-refractivity contribution in [2.45, 2.75) is 117 Å². The summed E-state index contributed by atoms with van der Waals surface area (Å²) in [6.07, 6.45) is 0. The molecule has 8 nitrogen and oxygen atoms in total. The van der Waals surface area contributed by atoms with Crippen molar-refractivity contribution in [3.8, 4) is 0 Å². The van der Waals surface area contributed by atoms with Crippen LogP contribution in [0.1, 0.15) is 83.1 Å². The standard InChI is InChI=1S/C18H19BO3.C12H24B2O4.C12H7BrO/c1-17(2)18(3,4)22-19(21-17)12-9-10-14-13-7-5-6-8-15(13)20-16(14)11-12;1-9(2)10(3,4)16-13(15-9)14-17-11(5,6)12(7,8)18-14;13-8-5-6-10-9-3-1-2-4-11(9)14-12(10)7-8/h5-11H,1-4H3;1-8H3;1-7H. The van der Waals surface area contributed by atoms with Crippen LogP contribution in [0, 0.1) is 0 Å². The Morgan fingerprint density at radius 2 is 0.741 bits per heavy atom. The molecule has 282 valence electrons. The molecule has 0 bridgehead atoms. The predicted octanol–water partition coefficient (Wildman–Crippen LogP) is 10.5. The van der Waals surface area contributed by atoms with E-state index in [-0.39, 0.29) is 40.7 Å². The van der Waals surface area contributed by atoms with E-state index in [0.717, 1.165) is 43.0 Å². The SMILES string of the molecule is Brc1ccc2c(c1)oc1ccccc12.CC1(C)OB(B2OC(C)(C)C(C)(C)O2)OC1(C)C.CC1(C)OB(c2ccc3c(c2)oc2ccccc23)OC1(C)C. The number of furan rings is 2. The first kappa shape index (κ1) is 39.2. The Morgan fingerprint density at radius 3 is 1.19 bits per heavy atom. The van der Waals surface area contributed by atoms with Gasteiger partial charge in [-0.1, -0.05) is 64.5 Å². The topological polar surface area (TPSA) is 81.7 Å². The first-order chi connectivity index (χ1) is 25.1. The van der Waals surface area contributed by atoms with E-state index in [9.17, 15) is 0 Å². The van der Waals surface area contributed by atoms with Crippen molar-refractivity contribution < 1.29 is 36.8 Å². The third-order valence-electron chi connectivity index (χ3n) is 12.0. The molecular weight excluding hydrogens is 745 g/mol. The van der Waals surface area contributed by atoms with Gasteiger partial charge in [0.05, 0.1) is 33.6 Å². The van der Waals surface area contributed by atoms with Crippen LogP contribution in [0.25, 0.3) is 43.9 Å². The summed E-state index contributed by atoms with van der Waals surface area (Å²) in [6.45, 7) is 24.5. The zero-order valence-electron chi connectivity index (χ0n) is 33.5. The summed E-state index contributed by atoms with van der Waals surface area (Å²) in [5.74, 6) is 0. The van der Waals surface area contributed by atoms with Gasteiger partial charge in [-0.2, -0.15) is 0 Å². The second-order valence-corrected chi connectivity index (χ2v) is 18.3. The minimum absolute atomic E-state index is 0.333. The fourth-order valence-corrected chi connectivity index (χ4v) is 6.91. The number of halogens is 1. The van der Waals surface area contributed by atoms with Crippen molar-refractivity contribution >= 4 is 86.4 Å². The normalized spacial score (nSPS) is 21.8. The first-order valence-corrected chi connectivity index (χ1v) is 19.4. The van der Waals surface area contributed by atoms with Gasteiger partial charge in [0, 0.05) is 26.0 Å². The number of hydrogen-bond donors (Lipinski definition) is 0. The highest BCUT2D eigenvalue weighted by molar-refractivity contribution is 9.10. The predicted molar refractivity (Wildman–Crippen MR) is 223 cm³/mol. The van der Waals surface area contributed by atoms with Gasteiger partial charge in [0.2, 0.25) is 0 Å². The fraction of sp³-hybridized carbons (Fsp3) is 0.429. The summed E-state index contributed by atoms with van der Waals surface area (Å²) in [6, 6.07) is 28.4. The van der Waals surface area contributed by atoms with E-state index in [1.54, 1.807) is 0 Å². The Kier molecular flexibility index (Phi) is 9.82. The van der Waals surface area contributed by atoms with Crippen molar-refractivity contribution in [3.05, 3.63) is 89.4 Å². The molecule has 3 aliphatic rings. The Labute approximate surface area is 328 Å². The van der Waals surface area contributed by atoms with Gasteiger partial charge in [0.1, 0.15) is 22.3 Å². The average molecular weight is 795 g/mol. The molecule has 0 spiro atoms. The van der Waals surface area contributed by atoms with E-state index in [4.69, 9.17) is 36.8 Å². The summed E-state index contributed by atoms with van der Waals surface area (Å²) in [4.78, 5) is 0. The molecule has 5 heterocycles. The monoisotopic (exact) mass is 794 g/mol. The fourth-order valence-electron chi connectivity index (χ4n) is 6.57. The molecule has 3 aliphatic heterocycles. The van der Waals surface area contributed by atoms with Gasteiger partial charge < -0.3 is 36.8 Å². The van der Waals surface area contributed by atoms with Crippen LogP contribution in [0.4, 0.5) is 0 Å². The molecule has 2 aromatic heterocycles. The highest BCUT2D eigenvalue weighted by atomic mass is 79.9. The minimum atomic E-state index is -0.476. The molecule has 0 amide bonds. The highest BCUT2D eigenvalue weighted by Crippen LogP contribution is 2.43. The minimum Gasteiger partial charge on any atom is -0.456 e. The number of fused-ring (bicyclic) bond motifs is 6. The molecular formula is C42H50B3BrO8. The van der Waals surface area contributed by atoms with Gasteiger partial charge >= 0.3 is 21.1 Å². The van der Waals surface area contributed by atoms with Gasteiger partial charge in [-0.3, -0.25) is 0 Å². The quantitative estimate of drug-likeness (QED) is 0.160. The summed E-state index contributed by atoms with van der Waals surface area (Å²) < 4.78 is 48.8. The van der Waals surface area contributed by atoms with Gasteiger partial charge in [0.15, 0.2) is 0 Å². The van der Waals surface area contributed by atoms with E-state index in [1.807, 2.05) is 110 Å². The van der Waals surface area contributed by atoms with Crippen LogP contribution in [0.15, 0.2) is 98.2 Å². The van der Waals surface area contributed by atoms with E-state index in [1.165, 1.54) is 10.8 Å². The van der Waals surface area contributed by atoms with Crippen LogP contribution in [0.5, 0.6) is 0 Å². The molecule has 0 atom stereocenters. The highest BCUT2D eigenvalue weighted by Gasteiger charge is 2.63. The Balaban J connectivity index is 0.000000128. The molecule has 3 fully saturated rings. The molecule has 9 rings (SSSR count). The molecule has 6 aromatic rings. The maximum Gasteiger partial charge on any atom is 0.494 e. The lowest BCUT2D eigenvalue weighted by Gasteiger charge is -2.32. The summed E-state index contributed by atoms with van der Waals surface area (Å²) in [5, 5.41) is 4.60. The maximum atomic E-state index is 6.11. The molecule has 0 aliphatic carbocycles. The summed E-state index contributed by atoms with van der Waals surface area (Å²) >= 11 is 3.43. The van der Waals surface area contributed by atoms with Crippen LogP contribution in [-0.4, -0.2) is 54.7 Å². The van der Waals surface area contributed by atoms with Crippen LogP contribution in [0.3, 0.4) is 0 Å². The van der Waals surface area contributed by atoms with E-state index in [2.05, 4.69) is 74.0 Å². The second-order valence-electron chi connectivity index (χ2n) is 17.4. The molecule has 0 unspecified atom stereocenters. The first-order valence-electron chi connectivity index (χ1n) is 18.6. The van der Waals surface area contributed by atoms with E-state index >= 15 is 0 Å². The zero-order chi connectivity index (χ0) is 39.1. The molecule has 0 radical (unpaired) electrons. The van der Waals surface area contributed by atoms with Crippen molar-refractivity contribution in [1.82, 2.24) is 0 Å². The average Bonchev–Trinajstić information content (AvgIpc) is 3.81.